The number of allylic oxidation sites excluding steroid dienone is 2. The molecule has 0 aromatic heterocycles. The van der Waals surface area contributed by atoms with E-state index in [-0.39, 0.29) is 17.3 Å². The van der Waals surface area contributed by atoms with Crippen molar-refractivity contribution in [2.24, 2.45) is 11.3 Å². The molecular formula is C13H22O2. The summed E-state index contributed by atoms with van der Waals surface area (Å²) in [6.45, 7) is 10.9. The van der Waals surface area contributed by atoms with Gasteiger partial charge in [0.2, 0.25) is 0 Å². The topological polar surface area (TPSA) is 26.3 Å². The van der Waals surface area contributed by atoms with Crippen LogP contribution >= 0.6 is 0 Å². The van der Waals surface area contributed by atoms with Crippen LogP contribution in [0.15, 0.2) is 11.1 Å². The third-order valence-corrected chi connectivity index (χ3v) is 3.86. The van der Waals surface area contributed by atoms with E-state index in [0.29, 0.717) is 6.61 Å². The Morgan fingerprint density at radius 2 is 2.07 bits per heavy atom. The first-order valence-electron chi connectivity index (χ1n) is 5.74. The van der Waals surface area contributed by atoms with Crippen LogP contribution in [0.3, 0.4) is 0 Å². The summed E-state index contributed by atoms with van der Waals surface area (Å²) in [7, 11) is 0. The molecule has 1 aliphatic rings. The average Bonchev–Trinajstić information content (AvgIpc) is 2.14. The second kappa shape index (κ2) is 4.38. The van der Waals surface area contributed by atoms with Crippen molar-refractivity contribution in [3.63, 3.8) is 0 Å². The van der Waals surface area contributed by atoms with Gasteiger partial charge in [0.05, 0.1) is 12.5 Å². The van der Waals surface area contributed by atoms with Crippen LogP contribution in [0.5, 0.6) is 0 Å². The Bertz CT molecular complexity index is 287. The van der Waals surface area contributed by atoms with E-state index in [1.165, 1.54) is 11.1 Å². The van der Waals surface area contributed by atoms with Gasteiger partial charge in [0, 0.05) is 0 Å². The molecule has 0 aromatic rings. The minimum atomic E-state index is -0.0470. The van der Waals surface area contributed by atoms with Crippen LogP contribution in [0, 0.1) is 11.3 Å². The van der Waals surface area contributed by atoms with Crippen LogP contribution < -0.4 is 0 Å². The van der Waals surface area contributed by atoms with E-state index >= 15 is 0 Å². The van der Waals surface area contributed by atoms with E-state index in [2.05, 4.69) is 27.7 Å². The summed E-state index contributed by atoms with van der Waals surface area (Å²) in [6, 6.07) is 0. The zero-order chi connectivity index (χ0) is 11.6. The highest BCUT2D eigenvalue weighted by Gasteiger charge is 2.40. The van der Waals surface area contributed by atoms with Gasteiger partial charge >= 0.3 is 5.97 Å². The molecule has 2 nitrogen and oxygen atoms in total. The molecule has 0 fully saturated rings. The minimum absolute atomic E-state index is 0.0288. The summed E-state index contributed by atoms with van der Waals surface area (Å²) in [5, 5.41) is 0. The molecule has 15 heavy (non-hydrogen) atoms. The Hall–Kier alpha value is -0.790. The quantitative estimate of drug-likeness (QED) is 0.516. The van der Waals surface area contributed by atoms with Gasteiger partial charge in [-0.25, -0.2) is 0 Å². The van der Waals surface area contributed by atoms with Crippen LogP contribution in [-0.4, -0.2) is 12.6 Å². The zero-order valence-electron chi connectivity index (χ0n) is 10.5. The molecule has 0 amide bonds. The van der Waals surface area contributed by atoms with E-state index in [0.717, 1.165) is 12.8 Å². The normalized spacial score (nSPS) is 25.3. The SMILES string of the molecule is CCOC(=O)C1CCC(C)=C(C)C1(C)C. The first-order chi connectivity index (χ1) is 6.91. The fourth-order valence-electron chi connectivity index (χ4n) is 2.38. The van der Waals surface area contributed by atoms with E-state index in [1.54, 1.807) is 0 Å². The first kappa shape index (κ1) is 12.3. The lowest BCUT2D eigenvalue weighted by atomic mass is 9.66. The van der Waals surface area contributed by atoms with Crippen LogP contribution in [0.1, 0.15) is 47.5 Å². The van der Waals surface area contributed by atoms with Crippen molar-refractivity contribution in [3.05, 3.63) is 11.1 Å². The molecule has 0 aromatic carbocycles. The number of carbonyl (C=O) groups excluding carboxylic acids is 1. The Kier molecular flexibility index (Phi) is 3.58. The van der Waals surface area contributed by atoms with Gasteiger partial charge in [-0.2, -0.15) is 0 Å². The minimum Gasteiger partial charge on any atom is -0.466 e. The van der Waals surface area contributed by atoms with Crippen LogP contribution in [-0.2, 0) is 9.53 Å². The maximum atomic E-state index is 11.8. The largest absolute Gasteiger partial charge is 0.466 e. The standard InChI is InChI=1S/C13H22O2/c1-6-15-12(14)11-8-7-9(2)10(3)13(11,4)5/h11H,6-8H2,1-5H3. The number of ether oxygens (including phenoxy) is 1. The molecular weight excluding hydrogens is 188 g/mol. The van der Waals surface area contributed by atoms with E-state index < -0.39 is 0 Å². The van der Waals surface area contributed by atoms with Crippen LogP contribution in [0.2, 0.25) is 0 Å². The van der Waals surface area contributed by atoms with Crippen LogP contribution in [0.25, 0.3) is 0 Å². The molecule has 0 saturated carbocycles. The number of esters is 1. The summed E-state index contributed by atoms with van der Waals surface area (Å²) >= 11 is 0. The van der Waals surface area contributed by atoms with Crippen molar-refractivity contribution in [1.29, 1.82) is 0 Å². The average molecular weight is 210 g/mol. The van der Waals surface area contributed by atoms with Crippen molar-refractivity contribution < 1.29 is 9.53 Å². The fourth-order valence-corrected chi connectivity index (χ4v) is 2.38. The lowest BCUT2D eigenvalue weighted by Crippen LogP contribution is -2.36. The maximum absolute atomic E-state index is 11.8. The highest BCUT2D eigenvalue weighted by molar-refractivity contribution is 5.74. The van der Waals surface area contributed by atoms with Crippen LogP contribution in [0.4, 0.5) is 0 Å². The highest BCUT2D eigenvalue weighted by atomic mass is 16.5. The van der Waals surface area contributed by atoms with Gasteiger partial charge in [-0.3, -0.25) is 4.79 Å². The summed E-state index contributed by atoms with van der Waals surface area (Å²) in [6.07, 6.45) is 1.95. The lowest BCUT2D eigenvalue weighted by Gasteiger charge is -2.39. The van der Waals surface area contributed by atoms with Gasteiger partial charge < -0.3 is 4.74 Å². The van der Waals surface area contributed by atoms with E-state index in [4.69, 9.17) is 4.74 Å². The first-order valence-corrected chi connectivity index (χ1v) is 5.74. The number of hydrogen-bond donors (Lipinski definition) is 0. The molecule has 1 unspecified atom stereocenters. The van der Waals surface area contributed by atoms with Gasteiger partial charge in [-0.1, -0.05) is 25.0 Å². The monoisotopic (exact) mass is 210 g/mol. The highest BCUT2D eigenvalue weighted by Crippen LogP contribution is 2.44. The van der Waals surface area contributed by atoms with Crippen molar-refractivity contribution in [1.82, 2.24) is 0 Å². The van der Waals surface area contributed by atoms with Gasteiger partial charge in [-0.15, -0.1) is 0 Å². The number of rotatable bonds is 2. The Labute approximate surface area is 92.7 Å². The van der Waals surface area contributed by atoms with Gasteiger partial charge in [0.1, 0.15) is 0 Å². The number of carbonyl (C=O) groups is 1. The molecule has 0 spiro atoms. The second-order valence-electron chi connectivity index (χ2n) is 4.97. The van der Waals surface area contributed by atoms with E-state index in [1.807, 2.05) is 6.92 Å². The second-order valence-corrected chi connectivity index (χ2v) is 4.97. The molecule has 0 N–H and O–H groups in total. The third-order valence-electron chi connectivity index (χ3n) is 3.86. The molecule has 0 bridgehead atoms. The summed E-state index contributed by atoms with van der Waals surface area (Å²) in [5.41, 5.74) is 2.74. The molecule has 1 atom stereocenters. The molecule has 0 saturated heterocycles. The van der Waals surface area contributed by atoms with Crippen molar-refractivity contribution >= 4 is 5.97 Å². The Morgan fingerprint density at radius 3 is 2.60 bits per heavy atom. The predicted octanol–water partition coefficient (Wildman–Crippen LogP) is 3.32. The summed E-state index contributed by atoms with van der Waals surface area (Å²) in [5.74, 6) is -0.00417. The Morgan fingerprint density at radius 1 is 1.47 bits per heavy atom. The fraction of sp³-hybridized carbons (Fsp3) is 0.769. The van der Waals surface area contributed by atoms with E-state index in [9.17, 15) is 4.79 Å². The summed E-state index contributed by atoms with van der Waals surface area (Å²) < 4.78 is 5.14. The maximum Gasteiger partial charge on any atom is 0.309 e. The molecule has 2 heteroatoms. The molecule has 1 aliphatic carbocycles. The lowest BCUT2D eigenvalue weighted by molar-refractivity contribution is -0.152. The van der Waals surface area contributed by atoms with Crippen molar-refractivity contribution in [2.75, 3.05) is 6.61 Å². The third kappa shape index (κ3) is 2.24. The number of hydrogen-bond acceptors (Lipinski definition) is 2. The van der Waals surface area contributed by atoms with Crippen molar-refractivity contribution in [3.8, 4) is 0 Å². The zero-order valence-corrected chi connectivity index (χ0v) is 10.5. The van der Waals surface area contributed by atoms with Gasteiger partial charge in [0.15, 0.2) is 0 Å². The molecule has 0 heterocycles. The molecule has 86 valence electrons. The smallest absolute Gasteiger partial charge is 0.309 e. The summed E-state index contributed by atoms with van der Waals surface area (Å²) in [4.78, 5) is 11.8. The predicted molar refractivity (Wildman–Crippen MR) is 61.5 cm³/mol. The molecule has 0 aliphatic heterocycles. The molecule has 1 rings (SSSR count). The van der Waals surface area contributed by atoms with Gasteiger partial charge in [-0.05, 0) is 39.0 Å². The van der Waals surface area contributed by atoms with Crippen molar-refractivity contribution in [2.45, 2.75) is 47.5 Å². The van der Waals surface area contributed by atoms with Gasteiger partial charge in [0.25, 0.3) is 0 Å². The molecule has 0 radical (unpaired) electrons. The Balaban J connectivity index is 2.91.